The predicted octanol–water partition coefficient (Wildman–Crippen LogP) is 5.56. The van der Waals surface area contributed by atoms with Crippen LogP contribution in [0.4, 0.5) is 35.2 Å². The van der Waals surface area contributed by atoms with Gasteiger partial charge in [-0.25, -0.2) is 9.78 Å². The van der Waals surface area contributed by atoms with Crippen LogP contribution in [-0.4, -0.2) is 42.0 Å². The highest BCUT2D eigenvalue weighted by Gasteiger charge is 2.31. The Labute approximate surface area is 199 Å². The van der Waals surface area contributed by atoms with Crippen molar-refractivity contribution in [3.05, 3.63) is 77.4 Å². The molecule has 0 spiro atoms. The van der Waals surface area contributed by atoms with Gasteiger partial charge in [0.15, 0.2) is 0 Å². The van der Waals surface area contributed by atoms with Gasteiger partial charge in [0.05, 0.1) is 6.67 Å². The van der Waals surface area contributed by atoms with Crippen LogP contribution in [0, 0.1) is 0 Å². The van der Waals surface area contributed by atoms with E-state index in [1.165, 1.54) is 12.1 Å². The van der Waals surface area contributed by atoms with Gasteiger partial charge in [0, 0.05) is 42.2 Å². The van der Waals surface area contributed by atoms with Crippen molar-refractivity contribution >= 4 is 34.8 Å². The number of ether oxygens (including phenoxy) is 1. The molecule has 0 bridgehead atoms. The van der Waals surface area contributed by atoms with Crippen molar-refractivity contribution in [3.8, 4) is 5.75 Å². The van der Waals surface area contributed by atoms with Crippen LogP contribution >= 0.6 is 11.6 Å². The summed E-state index contributed by atoms with van der Waals surface area (Å²) in [6.07, 6.45) is -3.08. The molecule has 1 saturated heterocycles. The van der Waals surface area contributed by atoms with Crippen LogP contribution in [0.25, 0.3) is 0 Å². The van der Waals surface area contributed by atoms with Gasteiger partial charge in [0.25, 0.3) is 0 Å². The molecule has 0 radical (unpaired) electrons. The molecule has 2 N–H and O–H groups in total. The average Bonchev–Trinajstić information content (AvgIpc) is 3.23. The number of pyridine rings is 1. The predicted molar refractivity (Wildman–Crippen MR) is 124 cm³/mol. The summed E-state index contributed by atoms with van der Waals surface area (Å²) in [7, 11) is 0. The Morgan fingerprint density at radius 1 is 1.03 bits per heavy atom. The summed E-state index contributed by atoms with van der Waals surface area (Å²) in [5.41, 5.74) is 2.38. The highest BCUT2D eigenvalue weighted by atomic mass is 35.5. The number of anilines is 3. The second kappa shape index (κ2) is 10.2. The zero-order valence-corrected chi connectivity index (χ0v) is 18.6. The molecule has 11 heteroatoms. The number of aromatic nitrogens is 1. The van der Waals surface area contributed by atoms with E-state index in [0.29, 0.717) is 29.7 Å². The van der Waals surface area contributed by atoms with Crippen LogP contribution in [0.3, 0.4) is 0 Å². The summed E-state index contributed by atoms with van der Waals surface area (Å²) >= 11 is 5.85. The van der Waals surface area contributed by atoms with Crippen molar-refractivity contribution in [1.29, 1.82) is 0 Å². The maximum atomic E-state index is 12.3. The Bertz CT molecular complexity index is 1130. The minimum Gasteiger partial charge on any atom is -0.406 e. The highest BCUT2D eigenvalue weighted by Crippen LogP contribution is 2.27. The van der Waals surface area contributed by atoms with E-state index in [1.807, 2.05) is 6.07 Å². The molecule has 2 amide bonds. The maximum absolute atomic E-state index is 12.3. The first kappa shape index (κ1) is 23.7. The fourth-order valence-corrected chi connectivity index (χ4v) is 3.68. The summed E-state index contributed by atoms with van der Waals surface area (Å²) < 4.78 is 40.9. The second-order valence-corrected chi connectivity index (χ2v) is 8.07. The van der Waals surface area contributed by atoms with E-state index in [4.69, 9.17) is 11.6 Å². The van der Waals surface area contributed by atoms with Gasteiger partial charge in [-0.3, -0.25) is 10.2 Å². The monoisotopic (exact) mass is 491 g/mol. The van der Waals surface area contributed by atoms with E-state index in [2.05, 4.69) is 30.2 Å². The van der Waals surface area contributed by atoms with Crippen LogP contribution in [-0.2, 0) is 6.54 Å². The third-order valence-corrected chi connectivity index (χ3v) is 5.32. The van der Waals surface area contributed by atoms with Crippen LogP contribution in [0.1, 0.15) is 5.56 Å². The summed E-state index contributed by atoms with van der Waals surface area (Å²) in [6, 6.07) is 15.8. The summed E-state index contributed by atoms with van der Waals surface area (Å²) in [6.45, 7) is 2.76. The molecule has 0 atom stereocenters. The van der Waals surface area contributed by atoms with Crippen molar-refractivity contribution in [2.75, 3.05) is 35.3 Å². The third kappa shape index (κ3) is 6.75. The molecule has 1 aliphatic rings. The minimum atomic E-state index is -4.71. The van der Waals surface area contributed by atoms with Crippen molar-refractivity contribution in [1.82, 2.24) is 9.88 Å². The van der Waals surface area contributed by atoms with Gasteiger partial charge in [-0.15, -0.1) is 13.2 Å². The SMILES string of the molecule is O=C(Nc1ccc(Cl)cc1)Nc1cc(CN2CCN(c3ccc(OC(F)(F)F)cc3)C2)ccn1. The van der Waals surface area contributed by atoms with Gasteiger partial charge < -0.3 is 15.0 Å². The number of nitrogens with zero attached hydrogens (tertiary/aromatic N) is 3. The number of urea groups is 1. The number of benzene rings is 2. The Morgan fingerprint density at radius 2 is 1.76 bits per heavy atom. The molecule has 0 saturated carbocycles. The van der Waals surface area contributed by atoms with Gasteiger partial charge in [0.2, 0.25) is 0 Å². The lowest BCUT2D eigenvalue weighted by atomic mass is 10.2. The Kier molecular flexibility index (Phi) is 7.09. The van der Waals surface area contributed by atoms with Crippen molar-refractivity contribution < 1.29 is 22.7 Å². The average molecular weight is 492 g/mol. The second-order valence-electron chi connectivity index (χ2n) is 7.63. The number of hydrogen-bond acceptors (Lipinski definition) is 5. The van der Waals surface area contributed by atoms with Gasteiger partial charge in [-0.05, 0) is 66.2 Å². The number of alkyl halides is 3. The summed E-state index contributed by atoms with van der Waals surface area (Å²) in [4.78, 5) is 20.7. The largest absolute Gasteiger partial charge is 0.573 e. The van der Waals surface area contributed by atoms with Gasteiger partial charge >= 0.3 is 12.4 Å². The molecule has 2 heterocycles. The van der Waals surface area contributed by atoms with E-state index in [1.54, 1.807) is 48.7 Å². The molecular weight excluding hydrogens is 471 g/mol. The zero-order chi connectivity index (χ0) is 24.1. The number of hydrogen-bond donors (Lipinski definition) is 2. The topological polar surface area (TPSA) is 69.7 Å². The number of nitrogens with one attached hydrogen (secondary N) is 2. The maximum Gasteiger partial charge on any atom is 0.573 e. The van der Waals surface area contributed by atoms with Crippen molar-refractivity contribution in [2.45, 2.75) is 12.9 Å². The Hall–Kier alpha value is -3.50. The molecule has 7 nitrogen and oxygen atoms in total. The Morgan fingerprint density at radius 3 is 2.47 bits per heavy atom. The van der Waals surface area contributed by atoms with Gasteiger partial charge in [0.1, 0.15) is 11.6 Å². The van der Waals surface area contributed by atoms with Crippen LogP contribution in [0.15, 0.2) is 66.9 Å². The molecule has 4 rings (SSSR count). The fraction of sp³-hybridized carbons (Fsp3) is 0.217. The molecule has 1 aliphatic heterocycles. The first-order valence-electron chi connectivity index (χ1n) is 10.4. The van der Waals surface area contributed by atoms with E-state index in [-0.39, 0.29) is 5.75 Å². The lowest BCUT2D eigenvalue weighted by Crippen LogP contribution is -2.25. The molecule has 2 aromatic carbocycles. The highest BCUT2D eigenvalue weighted by molar-refractivity contribution is 6.30. The van der Waals surface area contributed by atoms with E-state index in [9.17, 15) is 18.0 Å². The third-order valence-electron chi connectivity index (χ3n) is 5.07. The molecule has 0 unspecified atom stereocenters. The first-order valence-corrected chi connectivity index (χ1v) is 10.7. The number of carbonyl (C=O) groups excluding carboxylic acids is 1. The van der Waals surface area contributed by atoms with Gasteiger partial charge in [-0.2, -0.15) is 0 Å². The number of carbonyl (C=O) groups is 1. The van der Waals surface area contributed by atoms with E-state index < -0.39 is 12.4 Å². The number of amides is 2. The molecule has 1 aromatic heterocycles. The lowest BCUT2D eigenvalue weighted by molar-refractivity contribution is -0.274. The van der Waals surface area contributed by atoms with Crippen LogP contribution in [0.2, 0.25) is 5.02 Å². The fourth-order valence-electron chi connectivity index (χ4n) is 3.55. The Balaban J connectivity index is 1.30. The standard InChI is InChI=1S/C23H21ClF3N5O2/c24-17-1-3-18(4-2-17)29-22(33)30-21-13-16(9-10-28-21)14-31-11-12-32(15-31)19-5-7-20(8-6-19)34-23(25,26)27/h1-10,13H,11-12,14-15H2,(H2,28,29,30,33). The first-order chi connectivity index (χ1) is 16.2. The molecule has 178 valence electrons. The molecule has 3 aromatic rings. The molecule has 1 fully saturated rings. The van der Waals surface area contributed by atoms with Gasteiger partial charge in [-0.1, -0.05) is 11.6 Å². The quantitative estimate of drug-likeness (QED) is 0.472. The molecule has 34 heavy (non-hydrogen) atoms. The summed E-state index contributed by atoms with van der Waals surface area (Å²) in [5.74, 6) is 0.171. The van der Waals surface area contributed by atoms with Crippen LogP contribution in [0.5, 0.6) is 5.75 Å². The number of rotatable bonds is 6. The van der Waals surface area contributed by atoms with Crippen molar-refractivity contribution in [3.63, 3.8) is 0 Å². The summed E-state index contributed by atoms with van der Waals surface area (Å²) in [5, 5.41) is 6.00. The number of halogens is 4. The smallest absolute Gasteiger partial charge is 0.406 e. The normalized spacial score (nSPS) is 14.2. The lowest BCUT2D eigenvalue weighted by Gasteiger charge is -2.20. The van der Waals surface area contributed by atoms with E-state index in [0.717, 1.165) is 24.3 Å². The van der Waals surface area contributed by atoms with Crippen LogP contribution < -0.4 is 20.3 Å². The molecular formula is C23H21ClF3N5O2. The zero-order valence-electron chi connectivity index (χ0n) is 17.8. The van der Waals surface area contributed by atoms with Crippen molar-refractivity contribution in [2.24, 2.45) is 0 Å². The molecule has 0 aliphatic carbocycles. The van der Waals surface area contributed by atoms with E-state index >= 15 is 0 Å². The minimum absolute atomic E-state index is 0.246.